The summed E-state index contributed by atoms with van der Waals surface area (Å²) >= 11 is 3.38. The molecule has 0 saturated heterocycles. The van der Waals surface area contributed by atoms with Crippen molar-refractivity contribution in [2.45, 2.75) is 26.8 Å². The van der Waals surface area contributed by atoms with Crippen molar-refractivity contribution in [1.82, 2.24) is 9.88 Å². The van der Waals surface area contributed by atoms with Gasteiger partial charge in [-0.1, -0.05) is 46.3 Å². The van der Waals surface area contributed by atoms with Crippen molar-refractivity contribution < 1.29 is 18.7 Å². The van der Waals surface area contributed by atoms with Gasteiger partial charge < -0.3 is 18.8 Å². The largest absolute Gasteiger partial charge is 0.493 e. The molecule has 0 saturated carbocycles. The number of oxazole rings is 1. The van der Waals surface area contributed by atoms with E-state index >= 15 is 0 Å². The summed E-state index contributed by atoms with van der Waals surface area (Å²) < 4.78 is 18.2. The monoisotopic (exact) mass is 534 g/mol. The molecular formula is C28H27BrN2O4. The van der Waals surface area contributed by atoms with Gasteiger partial charge in [0.15, 0.2) is 0 Å². The van der Waals surface area contributed by atoms with Crippen LogP contribution in [0.15, 0.2) is 87.8 Å². The fraction of sp³-hybridized carbons (Fsp3) is 0.214. The molecule has 0 aliphatic carbocycles. The van der Waals surface area contributed by atoms with Crippen molar-refractivity contribution in [1.29, 1.82) is 0 Å². The lowest BCUT2D eigenvalue weighted by molar-refractivity contribution is 0.152. The number of benzene rings is 3. The number of ether oxygens (including phenoxy) is 2. The van der Waals surface area contributed by atoms with Crippen LogP contribution in [0.25, 0.3) is 11.5 Å². The van der Waals surface area contributed by atoms with Gasteiger partial charge in [-0.3, -0.25) is 0 Å². The van der Waals surface area contributed by atoms with Crippen LogP contribution in [-0.2, 0) is 13.0 Å². The number of hydrogen-bond acceptors (Lipinski definition) is 5. The number of rotatable bonds is 9. The minimum Gasteiger partial charge on any atom is -0.493 e. The summed E-state index contributed by atoms with van der Waals surface area (Å²) in [7, 11) is 0. The molecule has 7 heteroatoms. The Labute approximate surface area is 213 Å². The summed E-state index contributed by atoms with van der Waals surface area (Å²) in [6, 6.07) is 24.8. The summed E-state index contributed by atoms with van der Waals surface area (Å²) in [5.41, 5.74) is 2.79. The molecule has 0 spiro atoms. The quantitative estimate of drug-likeness (QED) is 0.230. The highest BCUT2D eigenvalue weighted by Gasteiger charge is 2.15. The molecule has 0 aliphatic heterocycles. The van der Waals surface area contributed by atoms with Gasteiger partial charge in [0.05, 0.1) is 12.3 Å². The van der Waals surface area contributed by atoms with Crippen LogP contribution in [0, 0.1) is 6.92 Å². The number of halogens is 1. The fourth-order valence-corrected chi connectivity index (χ4v) is 3.82. The molecule has 0 aliphatic rings. The number of aromatic nitrogens is 1. The van der Waals surface area contributed by atoms with Gasteiger partial charge in [0, 0.05) is 29.5 Å². The zero-order valence-corrected chi connectivity index (χ0v) is 21.3. The minimum atomic E-state index is -0.392. The standard InChI is InChI=1S/C28H27BrN2O4/c1-3-31(28(32)35-24-14-12-23(29)13-15-24)19-21-8-7-11-25(18-21)33-17-16-26-20(2)34-27(30-26)22-9-5-4-6-10-22/h4-15,18H,3,16-17,19H2,1-2H3. The van der Waals surface area contributed by atoms with E-state index in [1.165, 1.54) is 0 Å². The maximum Gasteiger partial charge on any atom is 0.415 e. The molecule has 1 heterocycles. The van der Waals surface area contributed by atoms with Crippen molar-refractivity contribution in [2.75, 3.05) is 13.2 Å². The van der Waals surface area contributed by atoms with Gasteiger partial charge in [0.2, 0.25) is 5.89 Å². The molecule has 0 bridgehead atoms. The van der Waals surface area contributed by atoms with Crippen LogP contribution in [0.5, 0.6) is 11.5 Å². The van der Waals surface area contributed by atoms with E-state index in [4.69, 9.17) is 13.9 Å². The molecular weight excluding hydrogens is 508 g/mol. The number of carbonyl (C=O) groups is 1. The van der Waals surface area contributed by atoms with Gasteiger partial charge in [0.1, 0.15) is 17.3 Å². The molecule has 35 heavy (non-hydrogen) atoms. The first-order valence-corrected chi connectivity index (χ1v) is 12.3. The molecule has 180 valence electrons. The Hall–Kier alpha value is -3.58. The van der Waals surface area contributed by atoms with Crippen LogP contribution in [0.1, 0.15) is 23.9 Å². The van der Waals surface area contributed by atoms with Crippen LogP contribution in [-0.4, -0.2) is 29.1 Å². The summed E-state index contributed by atoms with van der Waals surface area (Å²) in [5, 5.41) is 0. The fourth-order valence-electron chi connectivity index (χ4n) is 3.56. The Kier molecular flexibility index (Phi) is 8.21. The van der Waals surface area contributed by atoms with E-state index in [1.807, 2.05) is 80.6 Å². The number of carbonyl (C=O) groups excluding carboxylic acids is 1. The summed E-state index contributed by atoms with van der Waals surface area (Å²) in [6.07, 6.45) is 0.240. The van der Waals surface area contributed by atoms with Gasteiger partial charge in [-0.05, 0) is 67.9 Å². The minimum absolute atomic E-state index is 0.392. The number of amides is 1. The van der Waals surface area contributed by atoms with E-state index in [0.717, 1.165) is 32.8 Å². The second kappa shape index (κ2) is 11.7. The molecule has 0 unspecified atom stereocenters. The molecule has 4 rings (SSSR count). The van der Waals surface area contributed by atoms with Crippen LogP contribution >= 0.6 is 15.9 Å². The lowest BCUT2D eigenvalue weighted by Gasteiger charge is -2.20. The average Bonchev–Trinajstić information content (AvgIpc) is 3.25. The third-order valence-corrected chi connectivity index (χ3v) is 5.98. The Balaban J connectivity index is 1.33. The van der Waals surface area contributed by atoms with Gasteiger partial charge in [0.25, 0.3) is 0 Å². The highest BCUT2D eigenvalue weighted by molar-refractivity contribution is 9.10. The van der Waals surface area contributed by atoms with Gasteiger partial charge in [-0.15, -0.1) is 0 Å². The molecule has 3 aromatic carbocycles. The predicted molar refractivity (Wildman–Crippen MR) is 139 cm³/mol. The van der Waals surface area contributed by atoms with E-state index in [9.17, 15) is 4.79 Å². The van der Waals surface area contributed by atoms with Crippen molar-refractivity contribution >= 4 is 22.0 Å². The Morgan fingerprint density at radius 1 is 1.00 bits per heavy atom. The van der Waals surface area contributed by atoms with Crippen LogP contribution in [0.4, 0.5) is 4.79 Å². The summed E-state index contributed by atoms with van der Waals surface area (Å²) in [6.45, 7) is 5.25. The van der Waals surface area contributed by atoms with E-state index in [0.29, 0.717) is 37.8 Å². The highest BCUT2D eigenvalue weighted by atomic mass is 79.9. The number of hydrogen-bond donors (Lipinski definition) is 0. The maximum absolute atomic E-state index is 12.6. The van der Waals surface area contributed by atoms with E-state index < -0.39 is 6.09 Å². The van der Waals surface area contributed by atoms with Crippen molar-refractivity contribution in [3.63, 3.8) is 0 Å². The topological polar surface area (TPSA) is 64.8 Å². The molecule has 1 amide bonds. The van der Waals surface area contributed by atoms with Gasteiger partial charge in [-0.25, -0.2) is 9.78 Å². The molecule has 0 radical (unpaired) electrons. The maximum atomic E-state index is 12.6. The SMILES string of the molecule is CCN(Cc1cccc(OCCc2nc(-c3ccccc3)oc2C)c1)C(=O)Oc1ccc(Br)cc1. The van der Waals surface area contributed by atoms with Crippen molar-refractivity contribution in [3.05, 3.63) is 100 Å². The number of aryl methyl sites for hydroxylation is 1. The smallest absolute Gasteiger partial charge is 0.415 e. The van der Waals surface area contributed by atoms with Crippen molar-refractivity contribution in [2.24, 2.45) is 0 Å². The highest BCUT2D eigenvalue weighted by Crippen LogP contribution is 2.22. The Bertz CT molecular complexity index is 1260. The second-order valence-electron chi connectivity index (χ2n) is 7.97. The van der Waals surface area contributed by atoms with Gasteiger partial charge in [-0.2, -0.15) is 0 Å². The molecule has 4 aromatic rings. The lowest BCUT2D eigenvalue weighted by Crippen LogP contribution is -2.32. The van der Waals surface area contributed by atoms with Crippen LogP contribution in [0.2, 0.25) is 0 Å². The molecule has 0 fully saturated rings. The Morgan fingerprint density at radius 3 is 2.51 bits per heavy atom. The van der Waals surface area contributed by atoms with E-state index in [1.54, 1.807) is 17.0 Å². The average molecular weight is 535 g/mol. The van der Waals surface area contributed by atoms with Crippen LogP contribution in [0.3, 0.4) is 0 Å². The summed E-state index contributed by atoms with van der Waals surface area (Å²) in [5.74, 6) is 2.66. The van der Waals surface area contributed by atoms with Crippen molar-refractivity contribution in [3.8, 4) is 23.0 Å². The van der Waals surface area contributed by atoms with Crippen LogP contribution < -0.4 is 9.47 Å². The normalized spacial score (nSPS) is 10.7. The second-order valence-corrected chi connectivity index (χ2v) is 8.89. The molecule has 0 N–H and O–H groups in total. The first-order valence-electron chi connectivity index (χ1n) is 11.5. The predicted octanol–water partition coefficient (Wildman–Crippen LogP) is 7.05. The molecule has 0 atom stereocenters. The molecule has 6 nitrogen and oxygen atoms in total. The van der Waals surface area contributed by atoms with E-state index in [2.05, 4.69) is 20.9 Å². The first kappa shape index (κ1) is 24.5. The number of nitrogens with zero attached hydrogens (tertiary/aromatic N) is 2. The zero-order chi connectivity index (χ0) is 24.6. The Morgan fingerprint density at radius 2 is 1.77 bits per heavy atom. The lowest BCUT2D eigenvalue weighted by atomic mass is 10.2. The van der Waals surface area contributed by atoms with Gasteiger partial charge >= 0.3 is 6.09 Å². The third kappa shape index (κ3) is 6.73. The third-order valence-electron chi connectivity index (χ3n) is 5.45. The molecule has 1 aromatic heterocycles. The first-order chi connectivity index (χ1) is 17.0. The summed E-state index contributed by atoms with van der Waals surface area (Å²) in [4.78, 5) is 18.9. The zero-order valence-electron chi connectivity index (χ0n) is 19.7. The van der Waals surface area contributed by atoms with E-state index in [-0.39, 0.29) is 0 Å².